The Bertz CT molecular complexity index is 440. The van der Waals surface area contributed by atoms with Crippen molar-refractivity contribution in [1.29, 1.82) is 0 Å². The van der Waals surface area contributed by atoms with Gasteiger partial charge in [-0.3, -0.25) is 0 Å². The van der Waals surface area contributed by atoms with Crippen LogP contribution in [0.3, 0.4) is 0 Å². The van der Waals surface area contributed by atoms with E-state index in [1.807, 2.05) is 0 Å². The number of hydrazine groups is 1. The van der Waals surface area contributed by atoms with Gasteiger partial charge in [-0.25, -0.2) is 15.8 Å². The molecule has 1 aliphatic carbocycles. The van der Waals surface area contributed by atoms with Gasteiger partial charge in [0.25, 0.3) is 0 Å². The normalized spacial score (nSPS) is 15.7. The first-order chi connectivity index (χ1) is 10.2. The maximum absolute atomic E-state index is 5.65. The van der Waals surface area contributed by atoms with Crippen molar-refractivity contribution in [3.05, 3.63) is 11.9 Å². The highest BCUT2D eigenvalue weighted by Gasteiger charge is 2.27. The summed E-state index contributed by atoms with van der Waals surface area (Å²) in [4.78, 5) is 11.4. The summed E-state index contributed by atoms with van der Waals surface area (Å²) in [5.41, 5.74) is 3.90. The van der Waals surface area contributed by atoms with Crippen molar-refractivity contribution in [1.82, 2.24) is 9.97 Å². The summed E-state index contributed by atoms with van der Waals surface area (Å²) in [7, 11) is 0. The number of nitrogens with two attached hydrogens (primary N) is 1. The molecule has 0 unspecified atom stereocenters. The number of nitrogens with zero attached hydrogens (tertiary/aromatic N) is 3. The van der Waals surface area contributed by atoms with E-state index < -0.39 is 0 Å². The fraction of sp³-hybridized carbons (Fsp3) is 0.750. The van der Waals surface area contributed by atoms with E-state index in [1.165, 1.54) is 25.7 Å². The molecule has 0 saturated heterocycles. The maximum atomic E-state index is 5.65. The zero-order valence-corrected chi connectivity index (χ0v) is 13.6. The van der Waals surface area contributed by atoms with Gasteiger partial charge in [0.2, 0.25) is 0 Å². The Labute approximate surface area is 128 Å². The monoisotopic (exact) mass is 291 g/mol. The third-order valence-corrected chi connectivity index (χ3v) is 4.16. The summed E-state index contributed by atoms with van der Waals surface area (Å²) in [6.45, 7) is 7.76. The zero-order chi connectivity index (χ0) is 15.2. The highest BCUT2D eigenvalue weighted by Crippen LogP contribution is 2.32. The summed E-state index contributed by atoms with van der Waals surface area (Å²) < 4.78 is 0. The van der Waals surface area contributed by atoms with Crippen LogP contribution in [0.4, 0.5) is 11.6 Å². The molecule has 0 radical (unpaired) electrons. The van der Waals surface area contributed by atoms with Gasteiger partial charge in [-0.15, -0.1) is 0 Å². The van der Waals surface area contributed by atoms with Crippen LogP contribution in [0.15, 0.2) is 6.33 Å². The first-order valence-corrected chi connectivity index (χ1v) is 8.24. The lowest BCUT2D eigenvalue weighted by atomic mass is 10.1. The van der Waals surface area contributed by atoms with Gasteiger partial charge in [0.05, 0.1) is 0 Å². The van der Waals surface area contributed by atoms with E-state index in [9.17, 15) is 0 Å². The molecule has 21 heavy (non-hydrogen) atoms. The number of nitrogens with one attached hydrogen (secondary N) is 1. The molecular weight excluding hydrogens is 262 g/mol. The predicted molar refractivity (Wildman–Crippen MR) is 88.3 cm³/mol. The summed E-state index contributed by atoms with van der Waals surface area (Å²) in [6.07, 6.45) is 8.85. The first-order valence-electron chi connectivity index (χ1n) is 8.24. The van der Waals surface area contributed by atoms with E-state index in [2.05, 4.69) is 41.1 Å². The molecule has 0 bridgehead atoms. The molecule has 2 rings (SSSR count). The summed E-state index contributed by atoms with van der Waals surface area (Å²) >= 11 is 0. The lowest BCUT2D eigenvalue weighted by Gasteiger charge is -2.33. The number of nitrogen functional groups attached to an aromatic ring is 1. The topological polar surface area (TPSA) is 67.1 Å². The number of rotatable bonds is 7. The quantitative estimate of drug-likeness (QED) is 0.597. The molecule has 1 aromatic heterocycles. The summed E-state index contributed by atoms with van der Waals surface area (Å²) in [5, 5.41) is 0. The van der Waals surface area contributed by atoms with E-state index in [0.29, 0.717) is 12.0 Å². The second-order valence-corrected chi connectivity index (χ2v) is 6.40. The second kappa shape index (κ2) is 7.59. The average molecular weight is 291 g/mol. The molecule has 0 aliphatic heterocycles. The van der Waals surface area contributed by atoms with Crippen LogP contribution < -0.4 is 16.2 Å². The Morgan fingerprint density at radius 1 is 1.33 bits per heavy atom. The molecule has 1 heterocycles. The van der Waals surface area contributed by atoms with Gasteiger partial charge >= 0.3 is 0 Å². The Kier molecular flexibility index (Phi) is 5.79. The van der Waals surface area contributed by atoms with Gasteiger partial charge in [-0.2, -0.15) is 0 Å². The van der Waals surface area contributed by atoms with Gasteiger partial charge in [0.1, 0.15) is 18.0 Å². The predicted octanol–water partition coefficient (Wildman–Crippen LogP) is 3.12. The number of anilines is 2. The summed E-state index contributed by atoms with van der Waals surface area (Å²) in [5.74, 6) is 8.12. The highest BCUT2D eigenvalue weighted by molar-refractivity contribution is 5.59. The Balaban J connectivity index is 2.37. The molecule has 118 valence electrons. The third kappa shape index (κ3) is 3.84. The van der Waals surface area contributed by atoms with Crippen LogP contribution in [-0.4, -0.2) is 22.6 Å². The van der Waals surface area contributed by atoms with Crippen LogP contribution in [0.2, 0.25) is 0 Å². The molecule has 1 saturated carbocycles. The lowest BCUT2D eigenvalue weighted by Crippen LogP contribution is -2.38. The molecule has 0 amide bonds. The smallest absolute Gasteiger partial charge is 0.148 e. The minimum absolute atomic E-state index is 0.614. The fourth-order valence-corrected chi connectivity index (χ4v) is 3.27. The van der Waals surface area contributed by atoms with Gasteiger partial charge in [-0.05, 0) is 25.2 Å². The van der Waals surface area contributed by atoms with Gasteiger partial charge < -0.3 is 10.3 Å². The highest BCUT2D eigenvalue weighted by atomic mass is 15.3. The standard InChI is InChI=1S/C16H29N5/c1-4-7-14-15(20-17)18-11-19-16(14)21(10-12(2)3)13-8-5-6-9-13/h11-13H,4-10,17H2,1-3H3,(H,18,19,20). The Morgan fingerprint density at radius 3 is 2.62 bits per heavy atom. The Hall–Kier alpha value is -1.36. The minimum atomic E-state index is 0.614. The molecule has 1 aliphatic rings. The molecule has 1 fully saturated rings. The van der Waals surface area contributed by atoms with Crippen molar-refractivity contribution < 1.29 is 0 Å². The number of hydrogen-bond donors (Lipinski definition) is 2. The van der Waals surface area contributed by atoms with Crippen molar-refractivity contribution in [3.63, 3.8) is 0 Å². The zero-order valence-electron chi connectivity index (χ0n) is 13.6. The van der Waals surface area contributed by atoms with Gasteiger partial charge in [0, 0.05) is 18.2 Å². The van der Waals surface area contributed by atoms with Crippen LogP contribution in [0.1, 0.15) is 58.4 Å². The maximum Gasteiger partial charge on any atom is 0.148 e. The molecule has 1 aromatic rings. The van der Waals surface area contributed by atoms with Crippen molar-refractivity contribution >= 4 is 11.6 Å². The fourth-order valence-electron chi connectivity index (χ4n) is 3.27. The SMILES string of the molecule is CCCc1c(NN)ncnc1N(CC(C)C)C1CCCC1. The van der Waals surface area contributed by atoms with Crippen LogP contribution in [0.25, 0.3) is 0 Å². The molecule has 0 spiro atoms. The van der Waals surface area contributed by atoms with Crippen LogP contribution in [0.5, 0.6) is 0 Å². The molecule has 0 atom stereocenters. The molecule has 5 nitrogen and oxygen atoms in total. The van der Waals surface area contributed by atoms with Gasteiger partial charge in [-0.1, -0.05) is 40.0 Å². The van der Waals surface area contributed by atoms with Crippen LogP contribution >= 0.6 is 0 Å². The summed E-state index contributed by atoms with van der Waals surface area (Å²) in [6, 6.07) is 0.614. The lowest BCUT2D eigenvalue weighted by molar-refractivity contribution is 0.529. The van der Waals surface area contributed by atoms with E-state index in [0.717, 1.165) is 36.6 Å². The van der Waals surface area contributed by atoms with Crippen molar-refractivity contribution in [2.24, 2.45) is 11.8 Å². The Morgan fingerprint density at radius 2 is 2.05 bits per heavy atom. The average Bonchev–Trinajstić information content (AvgIpc) is 2.99. The van der Waals surface area contributed by atoms with E-state index in [1.54, 1.807) is 6.33 Å². The minimum Gasteiger partial charge on any atom is -0.353 e. The number of aromatic nitrogens is 2. The first kappa shape index (κ1) is 16.0. The van der Waals surface area contributed by atoms with Crippen LogP contribution in [-0.2, 0) is 6.42 Å². The van der Waals surface area contributed by atoms with E-state index >= 15 is 0 Å². The second-order valence-electron chi connectivity index (χ2n) is 6.40. The van der Waals surface area contributed by atoms with Crippen molar-refractivity contribution in [2.45, 2.75) is 65.3 Å². The number of hydrogen-bond acceptors (Lipinski definition) is 5. The van der Waals surface area contributed by atoms with E-state index in [4.69, 9.17) is 5.84 Å². The van der Waals surface area contributed by atoms with Gasteiger partial charge in [0.15, 0.2) is 0 Å². The third-order valence-electron chi connectivity index (χ3n) is 4.16. The van der Waals surface area contributed by atoms with Crippen molar-refractivity contribution in [2.75, 3.05) is 16.9 Å². The van der Waals surface area contributed by atoms with Crippen molar-refractivity contribution in [3.8, 4) is 0 Å². The largest absolute Gasteiger partial charge is 0.353 e. The molecule has 0 aromatic carbocycles. The molecule has 3 N–H and O–H groups in total. The van der Waals surface area contributed by atoms with E-state index in [-0.39, 0.29) is 0 Å². The molecular formula is C16H29N5. The van der Waals surface area contributed by atoms with Crippen LogP contribution in [0, 0.1) is 5.92 Å². The molecule has 5 heteroatoms.